The number of benzene rings is 1. The molecule has 0 saturated carbocycles. The van der Waals surface area contributed by atoms with Gasteiger partial charge >= 0.3 is 5.97 Å². The van der Waals surface area contributed by atoms with Gasteiger partial charge in [0.15, 0.2) is 0 Å². The number of aliphatic carboxylic acids is 1. The zero-order valence-electron chi connectivity index (χ0n) is 10.5. The van der Waals surface area contributed by atoms with Crippen LogP contribution in [0.2, 0.25) is 5.02 Å². The molecular weight excluding hydrogens is 266 g/mol. The number of halogens is 1. The molecule has 19 heavy (non-hydrogen) atoms. The quantitative estimate of drug-likeness (QED) is 0.876. The van der Waals surface area contributed by atoms with E-state index in [1.165, 1.54) is 6.08 Å². The monoisotopic (exact) mass is 277 g/mol. The van der Waals surface area contributed by atoms with Gasteiger partial charge in [0, 0.05) is 11.6 Å². The van der Waals surface area contributed by atoms with Crippen molar-refractivity contribution in [2.45, 2.75) is 13.8 Å². The highest BCUT2D eigenvalue weighted by atomic mass is 35.5. The van der Waals surface area contributed by atoms with Crippen molar-refractivity contribution >= 4 is 23.6 Å². The first-order valence-corrected chi connectivity index (χ1v) is 5.97. The van der Waals surface area contributed by atoms with Crippen LogP contribution in [0, 0.1) is 13.8 Å². The minimum Gasteiger partial charge on any atom is -0.478 e. The van der Waals surface area contributed by atoms with Gasteiger partial charge in [-0.2, -0.15) is 5.10 Å². The van der Waals surface area contributed by atoms with Gasteiger partial charge in [-0.3, -0.25) is 0 Å². The van der Waals surface area contributed by atoms with Crippen LogP contribution in [-0.4, -0.2) is 25.8 Å². The number of carboxylic acids is 1. The Bertz CT molecular complexity index is 662. The van der Waals surface area contributed by atoms with E-state index in [0.29, 0.717) is 27.9 Å². The predicted molar refractivity (Wildman–Crippen MR) is 72.5 cm³/mol. The van der Waals surface area contributed by atoms with Crippen LogP contribution in [0.4, 0.5) is 0 Å². The molecule has 0 spiro atoms. The van der Waals surface area contributed by atoms with Crippen LogP contribution in [-0.2, 0) is 4.79 Å². The number of hydrogen-bond donors (Lipinski definition) is 1. The SMILES string of the molecule is Cc1nc(C)n(-c2c(Cl)cccc2/C=C/C(=O)O)n1. The van der Waals surface area contributed by atoms with Gasteiger partial charge in [-0.05, 0) is 26.0 Å². The number of rotatable bonds is 3. The molecule has 6 heteroatoms. The summed E-state index contributed by atoms with van der Waals surface area (Å²) in [7, 11) is 0. The molecule has 0 saturated heterocycles. The third-order valence-corrected chi connectivity index (χ3v) is 2.82. The van der Waals surface area contributed by atoms with E-state index in [1.54, 1.807) is 29.8 Å². The molecule has 0 aliphatic heterocycles. The van der Waals surface area contributed by atoms with Crippen LogP contribution in [0.5, 0.6) is 0 Å². The second kappa shape index (κ2) is 5.24. The summed E-state index contributed by atoms with van der Waals surface area (Å²) in [6.07, 6.45) is 2.55. The number of aromatic nitrogens is 3. The third kappa shape index (κ3) is 2.82. The van der Waals surface area contributed by atoms with Gasteiger partial charge in [0.1, 0.15) is 11.6 Å². The van der Waals surface area contributed by atoms with Crippen molar-refractivity contribution in [2.75, 3.05) is 0 Å². The lowest BCUT2D eigenvalue weighted by Crippen LogP contribution is -2.03. The maximum Gasteiger partial charge on any atom is 0.328 e. The Morgan fingerprint density at radius 1 is 1.42 bits per heavy atom. The molecule has 0 aliphatic rings. The topological polar surface area (TPSA) is 68.0 Å². The standard InChI is InChI=1S/C13H12ClN3O2/c1-8-15-9(2)17(16-8)13-10(6-7-12(18)19)4-3-5-11(13)14/h3-7H,1-2H3,(H,18,19)/b7-6+. The number of nitrogens with zero attached hydrogens (tertiary/aromatic N) is 3. The molecule has 0 unspecified atom stereocenters. The zero-order chi connectivity index (χ0) is 14.0. The zero-order valence-corrected chi connectivity index (χ0v) is 11.2. The van der Waals surface area contributed by atoms with Crippen molar-refractivity contribution in [3.05, 3.63) is 46.5 Å². The minimum atomic E-state index is -1.02. The van der Waals surface area contributed by atoms with Crippen LogP contribution in [0.15, 0.2) is 24.3 Å². The predicted octanol–water partition coefficient (Wildman–Crippen LogP) is 2.64. The lowest BCUT2D eigenvalue weighted by atomic mass is 10.1. The molecule has 1 N–H and O–H groups in total. The summed E-state index contributed by atoms with van der Waals surface area (Å²) in [6.45, 7) is 3.60. The van der Waals surface area contributed by atoms with Crippen molar-refractivity contribution in [2.24, 2.45) is 0 Å². The lowest BCUT2D eigenvalue weighted by Gasteiger charge is -2.09. The first-order valence-electron chi connectivity index (χ1n) is 5.59. The molecule has 0 fully saturated rings. The Morgan fingerprint density at radius 2 is 2.16 bits per heavy atom. The molecule has 0 atom stereocenters. The van der Waals surface area contributed by atoms with E-state index in [2.05, 4.69) is 10.1 Å². The summed E-state index contributed by atoms with van der Waals surface area (Å²) in [5.74, 6) is 0.304. The highest BCUT2D eigenvalue weighted by molar-refractivity contribution is 6.32. The third-order valence-electron chi connectivity index (χ3n) is 2.51. The average Bonchev–Trinajstić information content (AvgIpc) is 2.65. The molecule has 5 nitrogen and oxygen atoms in total. The summed E-state index contributed by atoms with van der Waals surface area (Å²) in [6, 6.07) is 5.26. The van der Waals surface area contributed by atoms with E-state index in [9.17, 15) is 4.79 Å². The second-order valence-electron chi connectivity index (χ2n) is 3.97. The summed E-state index contributed by atoms with van der Waals surface area (Å²) < 4.78 is 1.61. The molecule has 1 aromatic heterocycles. The second-order valence-corrected chi connectivity index (χ2v) is 4.37. The fourth-order valence-electron chi connectivity index (χ4n) is 1.78. The lowest BCUT2D eigenvalue weighted by molar-refractivity contribution is -0.131. The van der Waals surface area contributed by atoms with Crippen LogP contribution in [0.1, 0.15) is 17.2 Å². The number of aryl methyl sites for hydroxylation is 2. The van der Waals surface area contributed by atoms with Gasteiger partial charge in [0.25, 0.3) is 0 Å². The number of hydrogen-bond acceptors (Lipinski definition) is 3. The summed E-state index contributed by atoms with van der Waals surface area (Å²) in [5, 5.41) is 13.5. The van der Waals surface area contributed by atoms with Gasteiger partial charge in [-0.15, -0.1) is 0 Å². The van der Waals surface area contributed by atoms with Gasteiger partial charge in [-0.1, -0.05) is 23.7 Å². The molecule has 2 aromatic rings. The first-order chi connectivity index (χ1) is 8.99. The van der Waals surface area contributed by atoms with Crippen molar-refractivity contribution in [3.63, 3.8) is 0 Å². The highest BCUT2D eigenvalue weighted by Gasteiger charge is 2.12. The summed E-state index contributed by atoms with van der Waals surface area (Å²) in [4.78, 5) is 14.8. The summed E-state index contributed by atoms with van der Waals surface area (Å²) >= 11 is 6.19. The Kier molecular flexibility index (Phi) is 3.66. The molecule has 2 rings (SSSR count). The van der Waals surface area contributed by atoms with Crippen LogP contribution < -0.4 is 0 Å². The Hall–Kier alpha value is -2.14. The molecule has 0 amide bonds. The minimum absolute atomic E-state index is 0.487. The van der Waals surface area contributed by atoms with E-state index in [1.807, 2.05) is 6.92 Å². The van der Waals surface area contributed by atoms with Gasteiger partial charge in [-0.25, -0.2) is 14.5 Å². The molecule has 1 heterocycles. The maximum absolute atomic E-state index is 10.6. The largest absolute Gasteiger partial charge is 0.478 e. The van der Waals surface area contributed by atoms with Crippen LogP contribution in [0.3, 0.4) is 0 Å². The van der Waals surface area contributed by atoms with Gasteiger partial charge in [0.2, 0.25) is 0 Å². The molecule has 0 aliphatic carbocycles. The molecular formula is C13H12ClN3O2. The normalized spacial score (nSPS) is 11.1. The molecule has 0 bridgehead atoms. The van der Waals surface area contributed by atoms with Crippen molar-refractivity contribution in [1.29, 1.82) is 0 Å². The van der Waals surface area contributed by atoms with Gasteiger partial charge in [0.05, 0.1) is 10.7 Å². The fraction of sp³-hybridized carbons (Fsp3) is 0.154. The smallest absolute Gasteiger partial charge is 0.328 e. The Balaban J connectivity index is 2.61. The van der Waals surface area contributed by atoms with Crippen LogP contribution in [0.25, 0.3) is 11.8 Å². The van der Waals surface area contributed by atoms with E-state index >= 15 is 0 Å². The number of carboxylic acid groups (broad SMARTS) is 1. The van der Waals surface area contributed by atoms with E-state index in [0.717, 1.165) is 6.08 Å². The van der Waals surface area contributed by atoms with Gasteiger partial charge < -0.3 is 5.11 Å². The average molecular weight is 278 g/mol. The molecule has 98 valence electrons. The highest BCUT2D eigenvalue weighted by Crippen LogP contribution is 2.26. The first kappa shape index (κ1) is 13.3. The van der Waals surface area contributed by atoms with Crippen molar-refractivity contribution in [1.82, 2.24) is 14.8 Å². The summed E-state index contributed by atoms with van der Waals surface area (Å²) in [5.41, 5.74) is 1.29. The Morgan fingerprint density at radius 3 is 2.74 bits per heavy atom. The molecule has 0 radical (unpaired) electrons. The van der Waals surface area contributed by atoms with E-state index < -0.39 is 5.97 Å². The van der Waals surface area contributed by atoms with E-state index in [-0.39, 0.29) is 0 Å². The Labute approximate surface area is 115 Å². The maximum atomic E-state index is 10.6. The van der Waals surface area contributed by atoms with E-state index in [4.69, 9.17) is 16.7 Å². The van der Waals surface area contributed by atoms with Crippen LogP contribution >= 0.6 is 11.6 Å². The number of para-hydroxylation sites is 1. The van der Waals surface area contributed by atoms with Crippen molar-refractivity contribution < 1.29 is 9.90 Å². The van der Waals surface area contributed by atoms with Crippen molar-refractivity contribution in [3.8, 4) is 5.69 Å². The molecule has 1 aromatic carbocycles. The number of carbonyl (C=O) groups is 1. The fourth-order valence-corrected chi connectivity index (χ4v) is 2.05.